The summed E-state index contributed by atoms with van der Waals surface area (Å²) in [4.78, 5) is 0. The van der Waals surface area contributed by atoms with E-state index >= 15 is 0 Å². The van der Waals surface area contributed by atoms with Gasteiger partial charge in [0.05, 0.1) is 13.2 Å². The van der Waals surface area contributed by atoms with Gasteiger partial charge in [-0.1, -0.05) is 0 Å². The summed E-state index contributed by atoms with van der Waals surface area (Å²) < 4.78 is 15.3. The van der Waals surface area contributed by atoms with Crippen molar-refractivity contribution in [2.75, 3.05) is 13.2 Å². The van der Waals surface area contributed by atoms with Crippen molar-refractivity contribution in [3.8, 4) is 0 Å². The van der Waals surface area contributed by atoms with Crippen LogP contribution in [0.2, 0.25) is 0 Å². The van der Waals surface area contributed by atoms with Crippen molar-refractivity contribution in [2.45, 2.75) is 61.4 Å². The van der Waals surface area contributed by atoms with Crippen LogP contribution in [0.3, 0.4) is 0 Å². The molecule has 2 aliphatic heterocycles. The molecular formula is C12H22O11. The molecule has 0 unspecified atom stereocenters. The van der Waals surface area contributed by atoms with Crippen LogP contribution in [0.25, 0.3) is 0 Å². The van der Waals surface area contributed by atoms with Crippen molar-refractivity contribution in [3.63, 3.8) is 0 Å². The molecule has 0 aromatic heterocycles. The van der Waals surface area contributed by atoms with Crippen LogP contribution in [0.4, 0.5) is 0 Å². The summed E-state index contributed by atoms with van der Waals surface area (Å²) in [7, 11) is 0. The molecule has 0 aromatic rings. The molecule has 10 atom stereocenters. The Morgan fingerprint density at radius 1 is 0.652 bits per heavy atom. The molecule has 0 radical (unpaired) electrons. The molecule has 136 valence electrons. The molecule has 2 fully saturated rings. The first-order chi connectivity index (χ1) is 10.8. The highest BCUT2D eigenvalue weighted by Crippen LogP contribution is 2.28. The summed E-state index contributed by atoms with van der Waals surface area (Å²) in [6.45, 7) is -1.35. The lowest BCUT2D eigenvalue weighted by molar-refractivity contribution is -0.355. The molecular weight excluding hydrogens is 320 g/mol. The fourth-order valence-electron chi connectivity index (χ4n) is 2.57. The highest BCUT2D eigenvalue weighted by atomic mass is 16.7. The van der Waals surface area contributed by atoms with E-state index in [0.717, 1.165) is 0 Å². The average molecular weight is 342 g/mol. The van der Waals surface area contributed by atoms with Crippen LogP contribution in [-0.2, 0) is 14.2 Å². The fourth-order valence-corrected chi connectivity index (χ4v) is 2.57. The first-order valence-electron chi connectivity index (χ1n) is 7.08. The van der Waals surface area contributed by atoms with Gasteiger partial charge in [0.15, 0.2) is 12.6 Å². The Balaban J connectivity index is 2.11. The Morgan fingerprint density at radius 3 is 1.83 bits per heavy atom. The highest BCUT2D eigenvalue weighted by molar-refractivity contribution is 4.93. The second-order valence-electron chi connectivity index (χ2n) is 5.53. The van der Waals surface area contributed by atoms with E-state index in [9.17, 15) is 35.7 Å². The molecule has 8 N–H and O–H groups in total. The monoisotopic (exact) mass is 342 g/mol. The third-order valence-corrected chi connectivity index (χ3v) is 3.98. The minimum absolute atomic E-state index is 0.667. The van der Waals surface area contributed by atoms with Crippen LogP contribution < -0.4 is 0 Å². The zero-order chi connectivity index (χ0) is 17.3. The predicted molar refractivity (Wildman–Crippen MR) is 68.6 cm³/mol. The zero-order valence-corrected chi connectivity index (χ0v) is 12.0. The third kappa shape index (κ3) is 3.65. The average Bonchev–Trinajstić information content (AvgIpc) is 2.55. The van der Waals surface area contributed by atoms with E-state index in [4.69, 9.17) is 19.3 Å². The van der Waals surface area contributed by atoms with Gasteiger partial charge >= 0.3 is 0 Å². The number of hydrogen-bond donors (Lipinski definition) is 8. The molecule has 0 bridgehead atoms. The van der Waals surface area contributed by atoms with Crippen molar-refractivity contribution in [1.82, 2.24) is 0 Å². The Morgan fingerprint density at radius 2 is 1.26 bits per heavy atom. The van der Waals surface area contributed by atoms with Crippen molar-refractivity contribution < 1.29 is 55.1 Å². The number of aliphatic hydroxyl groups is 8. The molecule has 2 saturated heterocycles. The second-order valence-corrected chi connectivity index (χ2v) is 5.53. The van der Waals surface area contributed by atoms with E-state index in [1.807, 2.05) is 0 Å². The minimum Gasteiger partial charge on any atom is -0.394 e. The maximum absolute atomic E-state index is 9.94. The van der Waals surface area contributed by atoms with E-state index in [0.29, 0.717) is 0 Å². The molecule has 0 aromatic carbocycles. The highest BCUT2D eigenvalue weighted by Gasteiger charge is 2.50. The third-order valence-electron chi connectivity index (χ3n) is 3.98. The summed E-state index contributed by atoms with van der Waals surface area (Å²) in [5, 5.41) is 76.5. The van der Waals surface area contributed by atoms with Gasteiger partial charge in [0.25, 0.3) is 0 Å². The van der Waals surface area contributed by atoms with Gasteiger partial charge in [0.2, 0.25) is 0 Å². The lowest BCUT2D eigenvalue weighted by Gasteiger charge is -2.45. The van der Waals surface area contributed by atoms with Crippen LogP contribution in [0, 0.1) is 0 Å². The van der Waals surface area contributed by atoms with Gasteiger partial charge in [0, 0.05) is 0 Å². The first kappa shape index (κ1) is 18.9. The second kappa shape index (κ2) is 7.63. The Bertz CT molecular complexity index is 378. The number of aliphatic hydroxyl groups excluding tert-OH is 8. The topological polar surface area (TPSA) is 190 Å². The lowest BCUT2D eigenvalue weighted by Crippen LogP contribution is -2.64. The fraction of sp³-hybridized carbons (Fsp3) is 1.00. The molecule has 0 aliphatic carbocycles. The summed E-state index contributed by atoms with van der Waals surface area (Å²) in [6, 6.07) is 0. The molecule has 0 saturated carbocycles. The summed E-state index contributed by atoms with van der Waals surface area (Å²) in [6.07, 6.45) is -15.6. The Labute approximate surface area is 130 Å². The molecule has 11 nitrogen and oxygen atoms in total. The lowest BCUT2D eigenvalue weighted by atomic mass is 9.97. The first-order valence-corrected chi connectivity index (χ1v) is 7.08. The van der Waals surface area contributed by atoms with Gasteiger partial charge in [-0.05, 0) is 0 Å². The van der Waals surface area contributed by atoms with Crippen LogP contribution in [0.1, 0.15) is 0 Å². The maximum Gasteiger partial charge on any atom is 0.187 e. The molecule has 2 aliphatic rings. The maximum atomic E-state index is 9.94. The molecule has 23 heavy (non-hydrogen) atoms. The summed E-state index contributed by atoms with van der Waals surface area (Å²) in [5.74, 6) is 0. The van der Waals surface area contributed by atoms with Crippen LogP contribution in [-0.4, -0.2) is 115 Å². The van der Waals surface area contributed by atoms with Gasteiger partial charge in [-0.3, -0.25) is 0 Å². The van der Waals surface area contributed by atoms with Crippen LogP contribution >= 0.6 is 0 Å². The van der Waals surface area contributed by atoms with E-state index in [1.54, 1.807) is 0 Å². The van der Waals surface area contributed by atoms with Crippen LogP contribution in [0.5, 0.6) is 0 Å². The SMILES string of the molecule is OC[C@@H]1O[C@@H](O[C@H]2[C@@H](O)[C@@H](O)[C@H](O)O[C@@H]2CO)[C@@H](O)[C@@H](O)[C@@H]1O. The van der Waals surface area contributed by atoms with Crippen molar-refractivity contribution in [1.29, 1.82) is 0 Å². The van der Waals surface area contributed by atoms with Gasteiger partial charge in [0.1, 0.15) is 48.8 Å². The smallest absolute Gasteiger partial charge is 0.187 e. The van der Waals surface area contributed by atoms with Crippen molar-refractivity contribution in [3.05, 3.63) is 0 Å². The minimum atomic E-state index is -1.74. The van der Waals surface area contributed by atoms with E-state index in [-0.39, 0.29) is 0 Å². The van der Waals surface area contributed by atoms with Crippen molar-refractivity contribution >= 4 is 0 Å². The van der Waals surface area contributed by atoms with Gasteiger partial charge in [-0.15, -0.1) is 0 Å². The molecule has 0 amide bonds. The van der Waals surface area contributed by atoms with E-state index in [2.05, 4.69) is 0 Å². The largest absolute Gasteiger partial charge is 0.394 e. The van der Waals surface area contributed by atoms with Gasteiger partial charge in [-0.25, -0.2) is 0 Å². The number of rotatable bonds is 4. The standard InChI is InChI=1S/C12H22O11/c13-1-3-5(15)6(16)9(19)12(22-3)23-10-4(2-14)21-11(20)8(18)7(10)17/h3-20H,1-2H2/t3-,4+,5+,6-,7-,8+,9-,10+,11+,12-/m0/s1. The quantitative estimate of drug-likeness (QED) is 0.243. The molecule has 2 rings (SSSR count). The zero-order valence-electron chi connectivity index (χ0n) is 12.0. The van der Waals surface area contributed by atoms with Gasteiger partial charge in [-0.2, -0.15) is 0 Å². The molecule has 0 spiro atoms. The van der Waals surface area contributed by atoms with E-state index < -0.39 is 74.6 Å². The summed E-state index contributed by atoms with van der Waals surface area (Å²) in [5.41, 5.74) is 0. The number of ether oxygens (including phenoxy) is 3. The molecule has 11 heteroatoms. The van der Waals surface area contributed by atoms with E-state index in [1.165, 1.54) is 0 Å². The van der Waals surface area contributed by atoms with Gasteiger partial charge < -0.3 is 55.1 Å². The Hall–Kier alpha value is -0.440. The molecule has 2 heterocycles. The Kier molecular flexibility index (Phi) is 6.27. The number of hydrogen-bond acceptors (Lipinski definition) is 11. The van der Waals surface area contributed by atoms with Crippen LogP contribution in [0.15, 0.2) is 0 Å². The normalized spacial score (nSPS) is 51.7. The van der Waals surface area contributed by atoms with Crippen molar-refractivity contribution in [2.24, 2.45) is 0 Å². The predicted octanol–water partition coefficient (Wildman–Crippen LogP) is -5.40. The summed E-state index contributed by atoms with van der Waals surface area (Å²) >= 11 is 0.